The van der Waals surface area contributed by atoms with Crippen molar-refractivity contribution in [2.45, 2.75) is 12.6 Å². The van der Waals surface area contributed by atoms with Crippen LogP contribution >= 0.6 is 23.2 Å². The summed E-state index contributed by atoms with van der Waals surface area (Å²) >= 11 is 11.6. The lowest BCUT2D eigenvalue weighted by Gasteiger charge is -2.31. The third-order valence-corrected chi connectivity index (χ3v) is 3.31. The first-order valence-corrected chi connectivity index (χ1v) is 6.33. The minimum Gasteiger partial charge on any atom is -0.374 e. The Labute approximate surface area is 106 Å². The molecule has 0 bridgehead atoms. The number of hydrogen-bond acceptors (Lipinski definition) is 2. The van der Waals surface area contributed by atoms with E-state index in [1.165, 1.54) is 5.56 Å². The van der Waals surface area contributed by atoms with Crippen LogP contribution in [0.3, 0.4) is 0 Å². The Morgan fingerprint density at radius 3 is 2.75 bits per heavy atom. The molecule has 1 heterocycles. The van der Waals surface area contributed by atoms with Crippen LogP contribution in [0.2, 0.25) is 5.02 Å². The van der Waals surface area contributed by atoms with E-state index in [2.05, 4.69) is 17.0 Å². The molecule has 1 aliphatic rings. The van der Waals surface area contributed by atoms with Crippen LogP contribution in [0.5, 0.6) is 0 Å². The van der Waals surface area contributed by atoms with Crippen LogP contribution in [0.1, 0.15) is 5.56 Å². The molecule has 0 spiro atoms. The van der Waals surface area contributed by atoms with E-state index in [-0.39, 0.29) is 6.10 Å². The molecule has 1 atom stereocenters. The van der Waals surface area contributed by atoms with E-state index in [1.807, 2.05) is 12.1 Å². The van der Waals surface area contributed by atoms with Crippen molar-refractivity contribution in [2.24, 2.45) is 0 Å². The molecule has 1 aromatic carbocycles. The van der Waals surface area contributed by atoms with Crippen LogP contribution in [0.15, 0.2) is 24.3 Å². The van der Waals surface area contributed by atoms with E-state index in [0.29, 0.717) is 5.88 Å². The first kappa shape index (κ1) is 12.2. The number of alkyl halides is 1. The second-order valence-corrected chi connectivity index (χ2v) is 4.75. The predicted octanol–water partition coefficient (Wildman–Crippen LogP) is 2.78. The van der Waals surface area contributed by atoms with Gasteiger partial charge in [-0.25, -0.2) is 0 Å². The van der Waals surface area contributed by atoms with Gasteiger partial charge in [0, 0.05) is 30.5 Å². The molecule has 0 N–H and O–H groups in total. The van der Waals surface area contributed by atoms with Crippen LogP contribution in [0.4, 0.5) is 0 Å². The van der Waals surface area contributed by atoms with Gasteiger partial charge < -0.3 is 4.74 Å². The number of benzene rings is 1. The number of hydrogen-bond donors (Lipinski definition) is 0. The van der Waals surface area contributed by atoms with E-state index < -0.39 is 0 Å². The summed E-state index contributed by atoms with van der Waals surface area (Å²) in [4.78, 5) is 2.36. The van der Waals surface area contributed by atoms with Gasteiger partial charge in [0.2, 0.25) is 0 Å². The molecular formula is C12H15Cl2NO. The van der Waals surface area contributed by atoms with Crippen LogP contribution < -0.4 is 0 Å². The maximum Gasteiger partial charge on any atom is 0.0837 e. The largest absolute Gasteiger partial charge is 0.374 e. The van der Waals surface area contributed by atoms with Gasteiger partial charge in [0.15, 0.2) is 0 Å². The zero-order valence-corrected chi connectivity index (χ0v) is 10.5. The van der Waals surface area contributed by atoms with Gasteiger partial charge in [-0.15, -0.1) is 11.6 Å². The molecule has 2 rings (SSSR count). The minimum atomic E-state index is 0.169. The van der Waals surface area contributed by atoms with Crippen molar-refractivity contribution < 1.29 is 4.74 Å². The average Bonchev–Trinajstić information content (AvgIpc) is 2.32. The lowest BCUT2D eigenvalue weighted by atomic mass is 10.2. The molecule has 0 aliphatic carbocycles. The summed E-state index contributed by atoms with van der Waals surface area (Å²) in [7, 11) is 0. The van der Waals surface area contributed by atoms with Gasteiger partial charge in [-0.3, -0.25) is 4.90 Å². The third kappa shape index (κ3) is 3.36. The minimum absolute atomic E-state index is 0.169. The van der Waals surface area contributed by atoms with Crippen molar-refractivity contribution in [1.82, 2.24) is 4.90 Å². The Bertz CT molecular complexity index is 328. The van der Waals surface area contributed by atoms with Gasteiger partial charge in [-0.2, -0.15) is 0 Å². The van der Waals surface area contributed by atoms with Gasteiger partial charge in [0.05, 0.1) is 12.7 Å². The fourth-order valence-corrected chi connectivity index (χ4v) is 2.18. The van der Waals surface area contributed by atoms with Gasteiger partial charge in [-0.1, -0.05) is 23.7 Å². The normalized spacial score (nSPS) is 22.2. The maximum absolute atomic E-state index is 5.85. The van der Waals surface area contributed by atoms with E-state index >= 15 is 0 Å². The molecule has 1 aromatic rings. The molecule has 0 saturated carbocycles. The average molecular weight is 260 g/mol. The standard InChI is InChI=1S/C12H15Cl2NO/c13-7-12-9-15(5-6-16-12)8-10-1-3-11(14)4-2-10/h1-4,12H,5-9H2/t12-/m1/s1. The highest BCUT2D eigenvalue weighted by molar-refractivity contribution is 6.30. The fraction of sp³-hybridized carbons (Fsp3) is 0.500. The van der Waals surface area contributed by atoms with Crippen molar-refractivity contribution in [3.63, 3.8) is 0 Å². The second-order valence-electron chi connectivity index (χ2n) is 4.01. The van der Waals surface area contributed by atoms with E-state index in [9.17, 15) is 0 Å². The van der Waals surface area contributed by atoms with E-state index in [1.54, 1.807) is 0 Å². The zero-order chi connectivity index (χ0) is 11.4. The number of morpholine rings is 1. The summed E-state index contributed by atoms with van der Waals surface area (Å²) in [5.74, 6) is 0.567. The summed E-state index contributed by atoms with van der Waals surface area (Å²) in [6, 6.07) is 7.98. The molecule has 1 saturated heterocycles. The first-order chi connectivity index (χ1) is 7.78. The highest BCUT2D eigenvalue weighted by Gasteiger charge is 2.19. The van der Waals surface area contributed by atoms with Gasteiger partial charge in [0.25, 0.3) is 0 Å². The Balaban J connectivity index is 1.91. The topological polar surface area (TPSA) is 12.5 Å². The molecule has 2 nitrogen and oxygen atoms in total. The maximum atomic E-state index is 5.85. The molecule has 88 valence electrons. The smallest absolute Gasteiger partial charge is 0.0837 e. The molecule has 0 radical (unpaired) electrons. The highest BCUT2D eigenvalue weighted by atomic mass is 35.5. The summed E-state index contributed by atoms with van der Waals surface area (Å²) in [6.07, 6.45) is 0.169. The van der Waals surface area contributed by atoms with Crippen LogP contribution in [0.25, 0.3) is 0 Å². The molecule has 4 heteroatoms. The molecular weight excluding hydrogens is 245 g/mol. The highest BCUT2D eigenvalue weighted by Crippen LogP contribution is 2.14. The number of rotatable bonds is 3. The zero-order valence-electron chi connectivity index (χ0n) is 9.03. The van der Waals surface area contributed by atoms with Crippen LogP contribution in [-0.2, 0) is 11.3 Å². The molecule has 0 aromatic heterocycles. The van der Waals surface area contributed by atoms with Gasteiger partial charge in [-0.05, 0) is 17.7 Å². The third-order valence-electron chi connectivity index (χ3n) is 2.71. The number of nitrogens with zero attached hydrogens (tertiary/aromatic N) is 1. The number of ether oxygens (including phenoxy) is 1. The molecule has 1 fully saturated rings. The van der Waals surface area contributed by atoms with Crippen molar-refractivity contribution >= 4 is 23.2 Å². The molecule has 0 unspecified atom stereocenters. The lowest BCUT2D eigenvalue weighted by molar-refractivity contribution is -0.0194. The Morgan fingerprint density at radius 2 is 2.06 bits per heavy atom. The Kier molecular flexibility index (Phi) is 4.47. The van der Waals surface area contributed by atoms with Crippen LogP contribution in [0, 0.1) is 0 Å². The summed E-state index contributed by atoms with van der Waals surface area (Å²) in [5, 5.41) is 0.782. The van der Waals surface area contributed by atoms with Crippen molar-refractivity contribution in [1.29, 1.82) is 0 Å². The van der Waals surface area contributed by atoms with Crippen molar-refractivity contribution in [3.8, 4) is 0 Å². The summed E-state index contributed by atoms with van der Waals surface area (Å²) in [5.41, 5.74) is 1.28. The molecule has 0 amide bonds. The van der Waals surface area contributed by atoms with Crippen molar-refractivity contribution in [2.75, 3.05) is 25.6 Å². The Hall–Kier alpha value is -0.280. The van der Waals surface area contributed by atoms with Crippen molar-refractivity contribution in [3.05, 3.63) is 34.9 Å². The summed E-state index contributed by atoms with van der Waals surface area (Å²) < 4.78 is 5.52. The number of halogens is 2. The predicted molar refractivity (Wildman–Crippen MR) is 67.2 cm³/mol. The second kappa shape index (κ2) is 5.87. The van der Waals surface area contributed by atoms with E-state index in [4.69, 9.17) is 27.9 Å². The molecule has 16 heavy (non-hydrogen) atoms. The lowest BCUT2D eigenvalue weighted by Crippen LogP contribution is -2.42. The first-order valence-electron chi connectivity index (χ1n) is 5.42. The SMILES string of the molecule is ClC[C@@H]1CN(Cc2ccc(Cl)cc2)CCO1. The fourth-order valence-electron chi connectivity index (χ4n) is 1.87. The van der Waals surface area contributed by atoms with E-state index in [0.717, 1.165) is 31.3 Å². The quantitative estimate of drug-likeness (QED) is 0.775. The van der Waals surface area contributed by atoms with Gasteiger partial charge >= 0.3 is 0 Å². The monoisotopic (exact) mass is 259 g/mol. The Morgan fingerprint density at radius 1 is 1.31 bits per heavy atom. The molecule has 1 aliphatic heterocycles. The van der Waals surface area contributed by atoms with Gasteiger partial charge in [0.1, 0.15) is 0 Å². The van der Waals surface area contributed by atoms with Crippen LogP contribution in [-0.4, -0.2) is 36.6 Å². The summed E-state index contributed by atoms with van der Waals surface area (Å²) in [6.45, 7) is 3.58.